The molecule has 2 aromatic carbocycles. The van der Waals surface area contributed by atoms with Gasteiger partial charge in [-0.05, 0) is 45.0 Å². The van der Waals surface area contributed by atoms with Crippen molar-refractivity contribution in [2.75, 3.05) is 0 Å². The average Bonchev–Trinajstić information content (AvgIpc) is 2.60. The quantitative estimate of drug-likeness (QED) is 0.445. The topological polar surface area (TPSA) is 4.93 Å². The summed E-state index contributed by atoms with van der Waals surface area (Å²) in [5.41, 5.74) is 2.59. The Balaban J connectivity index is 2.59. The first-order valence-corrected chi connectivity index (χ1v) is 7.86. The zero-order chi connectivity index (χ0) is 13.8. The highest BCUT2D eigenvalue weighted by molar-refractivity contribution is 9.10. The smallest absolute Gasteiger partial charge is 0.0507 e. The van der Waals surface area contributed by atoms with Gasteiger partial charge >= 0.3 is 0 Å². The maximum absolute atomic E-state index is 3.58. The lowest BCUT2D eigenvalue weighted by Gasteiger charge is -2.24. The number of fused-ring (bicyclic) bond motifs is 3. The molecule has 3 aromatic rings. The summed E-state index contributed by atoms with van der Waals surface area (Å²) in [5.74, 6) is 0. The molecule has 3 heteroatoms. The van der Waals surface area contributed by atoms with Gasteiger partial charge in [-0.25, -0.2) is 0 Å². The standard InChI is InChI=1S/C16H15Br2N/c1-16(2,3)19-14-8-10(17)4-6-12(14)13-7-5-11(18)9-15(13)19/h4-9H,1-3H3. The summed E-state index contributed by atoms with van der Waals surface area (Å²) in [6.45, 7) is 6.73. The summed E-state index contributed by atoms with van der Waals surface area (Å²) in [7, 11) is 0. The molecule has 0 bridgehead atoms. The predicted octanol–water partition coefficient (Wildman–Crippen LogP) is 6.07. The third kappa shape index (κ3) is 2.13. The van der Waals surface area contributed by atoms with Crippen LogP contribution in [-0.2, 0) is 5.54 Å². The van der Waals surface area contributed by atoms with E-state index < -0.39 is 0 Å². The van der Waals surface area contributed by atoms with Gasteiger partial charge in [0.2, 0.25) is 0 Å². The predicted molar refractivity (Wildman–Crippen MR) is 89.8 cm³/mol. The molecule has 3 rings (SSSR count). The van der Waals surface area contributed by atoms with Crippen molar-refractivity contribution in [2.24, 2.45) is 0 Å². The van der Waals surface area contributed by atoms with E-state index in [0.717, 1.165) is 8.95 Å². The Bertz CT molecular complexity index is 719. The summed E-state index contributed by atoms with van der Waals surface area (Å²) >= 11 is 7.16. The van der Waals surface area contributed by atoms with Crippen LogP contribution in [0.5, 0.6) is 0 Å². The van der Waals surface area contributed by atoms with Crippen LogP contribution in [0, 0.1) is 0 Å². The summed E-state index contributed by atoms with van der Waals surface area (Å²) in [5, 5.41) is 2.61. The van der Waals surface area contributed by atoms with Crippen LogP contribution in [0.2, 0.25) is 0 Å². The maximum Gasteiger partial charge on any atom is 0.0507 e. The number of rotatable bonds is 0. The second kappa shape index (κ2) is 4.35. The molecular formula is C16H15Br2N. The fourth-order valence-electron chi connectivity index (χ4n) is 2.69. The van der Waals surface area contributed by atoms with Gasteiger partial charge in [0.05, 0.1) is 11.0 Å². The number of halogens is 2. The molecule has 0 radical (unpaired) electrons. The van der Waals surface area contributed by atoms with Crippen LogP contribution in [0.1, 0.15) is 20.8 Å². The average molecular weight is 381 g/mol. The van der Waals surface area contributed by atoms with Crippen LogP contribution >= 0.6 is 31.9 Å². The molecule has 0 atom stereocenters. The molecule has 0 fully saturated rings. The van der Waals surface area contributed by atoms with Crippen LogP contribution in [0.25, 0.3) is 21.8 Å². The molecule has 19 heavy (non-hydrogen) atoms. The van der Waals surface area contributed by atoms with Crippen LogP contribution in [0.3, 0.4) is 0 Å². The Kier molecular flexibility index (Phi) is 3.02. The first-order chi connectivity index (χ1) is 8.88. The SMILES string of the molecule is CC(C)(C)n1c2cc(Br)ccc2c2ccc(Br)cc21. The van der Waals surface area contributed by atoms with Crippen LogP contribution < -0.4 is 0 Å². The molecule has 1 nitrogen and oxygen atoms in total. The molecular weight excluding hydrogens is 366 g/mol. The molecule has 0 unspecified atom stereocenters. The lowest BCUT2D eigenvalue weighted by Crippen LogP contribution is -2.21. The van der Waals surface area contributed by atoms with Gasteiger partial charge in [-0.1, -0.05) is 44.0 Å². The normalized spacial score (nSPS) is 12.5. The van der Waals surface area contributed by atoms with E-state index in [-0.39, 0.29) is 5.54 Å². The van der Waals surface area contributed by atoms with Crippen molar-refractivity contribution in [1.29, 1.82) is 0 Å². The Morgan fingerprint density at radius 3 is 1.58 bits per heavy atom. The van der Waals surface area contributed by atoms with Crippen molar-refractivity contribution in [2.45, 2.75) is 26.3 Å². The maximum atomic E-state index is 3.58. The molecule has 0 aliphatic heterocycles. The van der Waals surface area contributed by atoms with E-state index in [9.17, 15) is 0 Å². The molecule has 0 N–H and O–H groups in total. The molecule has 1 aromatic heterocycles. The molecule has 98 valence electrons. The number of hydrogen-bond donors (Lipinski definition) is 0. The van der Waals surface area contributed by atoms with Crippen molar-refractivity contribution >= 4 is 53.7 Å². The lowest BCUT2D eigenvalue weighted by molar-refractivity contribution is 0.423. The Morgan fingerprint density at radius 2 is 1.21 bits per heavy atom. The fourth-order valence-corrected chi connectivity index (χ4v) is 3.39. The van der Waals surface area contributed by atoms with Crippen molar-refractivity contribution in [3.63, 3.8) is 0 Å². The Hall–Kier alpha value is -0.800. The largest absolute Gasteiger partial charge is 0.335 e. The van der Waals surface area contributed by atoms with Gasteiger partial charge in [-0.15, -0.1) is 0 Å². The molecule has 0 spiro atoms. The van der Waals surface area contributed by atoms with E-state index in [1.165, 1.54) is 21.8 Å². The molecule has 0 saturated heterocycles. The second-order valence-electron chi connectivity index (χ2n) is 5.83. The van der Waals surface area contributed by atoms with Crippen molar-refractivity contribution < 1.29 is 0 Å². The van der Waals surface area contributed by atoms with Crippen molar-refractivity contribution in [3.05, 3.63) is 45.3 Å². The van der Waals surface area contributed by atoms with Gasteiger partial charge in [-0.2, -0.15) is 0 Å². The monoisotopic (exact) mass is 379 g/mol. The third-order valence-electron chi connectivity index (χ3n) is 3.36. The fraction of sp³-hybridized carbons (Fsp3) is 0.250. The number of benzene rings is 2. The van der Waals surface area contributed by atoms with E-state index in [4.69, 9.17) is 0 Å². The number of nitrogens with zero attached hydrogens (tertiary/aromatic N) is 1. The highest BCUT2D eigenvalue weighted by Crippen LogP contribution is 2.36. The Labute approximate surface area is 129 Å². The minimum Gasteiger partial charge on any atom is -0.335 e. The van der Waals surface area contributed by atoms with Gasteiger partial charge in [0.25, 0.3) is 0 Å². The summed E-state index contributed by atoms with van der Waals surface area (Å²) < 4.78 is 4.65. The van der Waals surface area contributed by atoms with E-state index in [1.54, 1.807) is 0 Å². The van der Waals surface area contributed by atoms with E-state index in [1.807, 2.05) is 0 Å². The van der Waals surface area contributed by atoms with E-state index in [2.05, 4.69) is 93.6 Å². The number of aromatic nitrogens is 1. The first-order valence-electron chi connectivity index (χ1n) is 6.27. The van der Waals surface area contributed by atoms with E-state index in [0.29, 0.717) is 0 Å². The highest BCUT2D eigenvalue weighted by Gasteiger charge is 2.20. The van der Waals surface area contributed by atoms with Crippen LogP contribution in [-0.4, -0.2) is 4.57 Å². The number of hydrogen-bond acceptors (Lipinski definition) is 0. The molecule has 1 heterocycles. The van der Waals surface area contributed by atoms with Gasteiger partial charge in [0, 0.05) is 25.3 Å². The molecule has 0 saturated carbocycles. The van der Waals surface area contributed by atoms with Crippen molar-refractivity contribution in [1.82, 2.24) is 4.57 Å². The first kappa shape index (κ1) is 13.2. The lowest BCUT2D eigenvalue weighted by atomic mass is 10.1. The third-order valence-corrected chi connectivity index (χ3v) is 4.35. The highest BCUT2D eigenvalue weighted by atomic mass is 79.9. The zero-order valence-corrected chi connectivity index (χ0v) is 14.3. The van der Waals surface area contributed by atoms with Gasteiger partial charge in [-0.3, -0.25) is 0 Å². The van der Waals surface area contributed by atoms with Crippen molar-refractivity contribution in [3.8, 4) is 0 Å². The van der Waals surface area contributed by atoms with Gasteiger partial charge < -0.3 is 4.57 Å². The second-order valence-corrected chi connectivity index (χ2v) is 7.66. The van der Waals surface area contributed by atoms with Crippen LogP contribution in [0.15, 0.2) is 45.3 Å². The minimum atomic E-state index is 0.0432. The van der Waals surface area contributed by atoms with Gasteiger partial charge in [0.1, 0.15) is 0 Å². The van der Waals surface area contributed by atoms with Crippen LogP contribution in [0.4, 0.5) is 0 Å². The minimum absolute atomic E-state index is 0.0432. The molecule has 0 aliphatic carbocycles. The van der Waals surface area contributed by atoms with Gasteiger partial charge in [0.15, 0.2) is 0 Å². The summed E-state index contributed by atoms with van der Waals surface area (Å²) in [4.78, 5) is 0. The van der Waals surface area contributed by atoms with E-state index >= 15 is 0 Å². The molecule has 0 aliphatic rings. The molecule has 0 amide bonds. The summed E-state index contributed by atoms with van der Waals surface area (Å²) in [6.07, 6.45) is 0. The zero-order valence-electron chi connectivity index (χ0n) is 11.2. The Morgan fingerprint density at radius 1 is 0.789 bits per heavy atom. The summed E-state index contributed by atoms with van der Waals surface area (Å²) in [6, 6.07) is 13.0.